The molecule has 25 heavy (non-hydrogen) atoms. The van der Waals surface area contributed by atoms with Gasteiger partial charge in [0, 0.05) is 30.1 Å². The van der Waals surface area contributed by atoms with Gasteiger partial charge in [-0.2, -0.15) is 5.26 Å². The van der Waals surface area contributed by atoms with E-state index in [1.165, 1.54) is 0 Å². The van der Waals surface area contributed by atoms with Crippen LogP contribution in [0, 0.1) is 39.9 Å². The second-order valence-corrected chi connectivity index (χ2v) is 8.89. The Kier molecular flexibility index (Phi) is 3.92. The topological polar surface area (TPSA) is 78.2 Å². The Morgan fingerprint density at radius 3 is 2.84 bits per heavy atom. The smallest absolute Gasteiger partial charge is 0.139 e. The number of hydrogen-bond acceptors (Lipinski definition) is 4. The summed E-state index contributed by atoms with van der Waals surface area (Å²) in [6.07, 6.45) is 7.60. The zero-order chi connectivity index (χ0) is 17.8. The minimum absolute atomic E-state index is 0.121. The Labute approximate surface area is 149 Å². The van der Waals surface area contributed by atoms with Gasteiger partial charge in [-0.05, 0) is 49.9 Å². The lowest BCUT2D eigenvalue weighted by atomic mass is 9.46. The summed E-state index contributed by atoms with van der Waals surface area (Å²) < 4.78 is 0. The van der Waals surface area contributed by atoms with E-state index in [1.54, 1.807) is 0 Å². The quantitative estimate of drug-likeness (QED) is 0.781. The van der Waals surface area contributed by atoms with Crippen molar-refractivity contribution in [2.24, 2.45) is 28.6 Å². The molecular formula is C21H27NO3. The number of hydrogen-bond donors (Lipinski definition) is 1. The Balaban J connectivity index is 1.76. The largest absolute Gasteiger partial charge is 0.391 e. The van der Waals surface area contributed by atoms with Crippen LogP contribution in [0.25, 0.3) is 0 Å². The van der Waals surface area contributed by atoms with Gasteiger partial charge in [-0.1, -0.05) is 18.6 Å². The van der Waals surface area contributed by atoms with Crippen LogP contribution in [-0.2, 0) is 9.59 Å². The van der Waals surface area contributed by atoms with E-state index in [0.717, 1.165) is 31.3 Å². The van der Waals surface area contributed by atoms with Gasteiger partial charge in [-0.3, -0.25) is 9.59 Å². The average molecular weight is 341 g/mol. The third-order valence-electron chi connectivity index (χ3n) is 8.13. The van der Waals surface area contributed by atoms with E-state index in [1.807, 2.05) is 0 Å². The third-order valence-corrected chi connectivity index (χ3v) is 8.13. The molecule has 0 spiro atoms. The lowest BCUT2D eigenvalue weighted by molar-refractivity contribution is -0.136. The summed E-state index contributed by atoms with van der Waals surface area (Å²) in [4.78, 5) is 24.5. The maximum Gasteiger partial charge on any atom is 0.139 e. The number of Topliss-reactive ketones (excluding diaryl/α,β-unsaturated/α-hetero) is 2. The number of ketones is 2. The van der Waals surface area contributed by atoms with Crippen LogP contribution in [0.3, 0.4) is 0 Å². The molecule has 0 radical (unpaired) electrons. The molecule has 4 nitrogen and oxygen atoms in total. The number of aliphatic hydroxyl groups excluding tert-OH is 1. The molecule has 3 saturated carbocycles. The summed E-state index contributed by atoms with van der Waals surface area (Å²) in [7, 11) is 0. The molecule has 4 aliphatic carbocycles. The van der Waals surface area contributed by atoms with Crippen LogP contribution in [0.5, 0.6) is 0 Å². The number of rotatable bonds is 2. The van der Waals surface area contributed by atoms with E-state index in [0.29, 0.717) is 49.2 Å². The van der Waals surface area contributed by atoms with Gasteiger partial charge in [-0.25, -0.2) is 0 Å². The van der Waals surface area contributed by atoms with E-state index in [-0.39, 0.29) is 17.6 Å². The number of nitrogens with zero attached hydrogens (tertiary/aromatic N) is 1. The summed E-state index contributed by atoms with van der Waals surface area (Å²) in [5.74, 6) is 1.75. The normalized spacial score (nSPS) is 44.2. The SMILES string of the molecule is C[C@]12CC[C@H]3[C@@H](CC=C4CC(=O)CCC43C(O)CC#N)[C@@H]1CCC2=O. The number of fused-ring (bicyclic) bond motifs is 5. The molecule has 0 aromatic heterocycles. The molecule has 6 atom stereocenters. The van der Waals surface area contributed by atoms with Crippen LogP contribution in [0.15, 0.2) is 11.6 Å². The Morgan fingerprint density at radius 2 is 2.08 bits per heavy atom. The first-order valence-electron chi connectivity index (χ1n) is 9.73. The zero-order valence-corrected chi connectivity index (χ0v) is 15.0. The summed E-state index contributed by atoms with van der Waals surface area (Å²) >= 11 is 0. The standard InChI is InChI=1S/C21H27NO3/c1-20-9-7-17-15(16(20)4-5-18(20)24)3-2-13-12-14(23)6-10-21(13,17)19(25)8-11-22/h2,15-17,19,25H,3-10,12H2,1H3/t15-,16-,17-,19?,20-,21?/m0/s1. The molecule has 4 rings (SSSR count). The van der Waals surface area contributed by atoms with Crippen molar-refractivity contribution in [2.45, 2.75) is 70.8 Å². The van der Waals surface area contributed by atoms with Crippen LogP contribution >= 0.6 is 0 Å². The molecule has 4 aliphatic rings. The van der Waals surface area contributed by atoms with Crippen molar-refractivity contribution < 1.29 is 14.7 Å². The second kappa shape index (κ2) is 5.77. The molecule has 0 bridgehead atoms. The van der Waals surface area contributed by atoms with Crippen molar-refractivity contribution in [3.8, 4) is 6.07 Å². The molecule has 0 saturated heterocycles. The summed E-state index contributed by atoms with van der Waals surface area (Å²) in [6, 6.07) is 2.14. The first-order valence-corrected chi connectivity index (χ1v) is 9.73. The summed E-state index contributed by atoms with van der Waals surface area (Å²) in [6.45, 7) is 2.14. The number of carbonyl (C=O) groups is 2. The first kappa shape index (κ1) is 17.0. The van der Waals surface area contributed by atoms with Crippen LogP contribution in [0.4, 0.5) is 0 Å². The Bertz CT molecular complexity index is 690. The molecule has 2 unspecified atom stereocenters. The minimum atomic E-state index is -0.703. The highest BCUT2D eigenvalue weighted by molar-refractivity contribution is 5.87. The van der Waals surface area contributed by atoms with Crippen molar-refractivity contribution in [3.05, 3.63) is 11.6 Å². The fourth-order valence-corrected chi connectivity index (χ4v) is 6.86. The van der Waals surface area contributed by atoms with Crippen LogP contribution in [-0.4, -0.2) is 22.8 Å². The van der Waals surface area contributed by atoms with Crippen molar-refractivity contribution >= 4 is 11.6 Å². The lowest BCUT2D eigenvalue weighted by Gasteiger charge is -2.58. The van der Waals surface area contributed by atoms with Gasteiger partial charge in [0.05, 0.1) is 18.6 Å². The van der Waals surface area contributed by atoms with Crippen molar-refractivity contribution in [1.82, 2.24) is 0 Å². The fourth-order valence-electron chi connectivity index (χ4n) is 6.86. The fraction of sp³-hybridized carbons (Fsp3) is 0.762. The molecule has 0 aromatic carbocycles. The minimum Gasteiger partial charge on any atom is -0.391 e. The molecule has 4 heteroatoms. The summed E-state index contributed by atoms with van der Waals surface area (Å²) in [5.41, 5.74) is 0.471. The number of allylic oxidation sites excluding steroid dienone is 1. The maximum atomic E-state index is 12.5. The Hall–Kier alpha value is -1.47. The molecule has 0 aromatic rings. The van der Waals surface area contributed by atoms with Crippen LogP contribution in [0.2, 0.25) is 0 Å². The van der Waals surface area contributed by atoms with Crippen molar-refractivity contribution in [2.75, 3.05) is 0 Å². The highest BCUT2D eigenvalue weighted by atomic mass is 16.3. The monoisotopic (exact) mass is 341 g/mol. The highest BCUT2D eigenvalue weighted by Crippen LogP contribution is 2.65. The van der Waals surface area contributed by atoms with Crippen molar-refractivity contribution in [3.63, 3.8) is 0 Å². The van der Waals surface area contributed by atoms with Gasteiger partial charge in [0.1, 0.15) is 11.6 Å². The highest BCUT2D eigenvalue weighted by Gasteiger charge is 2.61. The van der Waals surface area contributed by atoms with E-state index in [4.69, 9.17) is 0 Å². The van der Waals surface area contributed by atoms with Crippen LogP contribution < -0.4 is 0 Å². The van der Waals surface area contributed by atoms with Crippen molar-refractivity contribution in [1.29, 1.82) is 5.26 Å². The second-order valence-electron chi connectivity index (χ2n) is 8.89. The molecule has 0 heterocycles. The number of nitriles is 1. The zero-order valence-electron chi connectivity index (χ0n) is 15.0. The predicted molar refractivity (Wildman–Crippen MR) is 92.3 cm³/mol. The van der Waals surface area contributed by atoms with E-state index in [2.05, 4.69) is 19.1 Å². The van der Waals surface area contributed by atoms with Gasteiger partial charge in [-0.15, -0.1) is 0 Å². The third kappa shape index (κ3) is 2.21. The predicted octanol–water partition coefficient (Wildman–Crippen LogP) is 3.34. The number of aliphatic hydroxyl groups is 1. The molecule has 134 valence electrons. The van der Waals surface area contributed by atoms with Gasteiger partial charge in [0.25, 0.3) is 0 Å². The maximum absolute atomic E-state index is 12.5. The van der Waals surface area contributed by atoms with E-state index < -0.39 is 11.5 Å². The average Bonchev–Trinajstić information content (AvgIpc) is 2.90. The van der Waals surface area contributed by atoms with Crippen LogP contribution in [0.1, 0.15) is 64.7 Å². The lowest BCUT2D eigenvalue weighted by Crippen LogP contribution is -2.55. The molecule has 1 N–H and O–H groups in total. The van der Waals surface area contributed by atoms with E-state index >= 15 is 0 Å². The van der Waals surface area contributed by atoms with Gasteiger partial charge >= 0.3 is 0 Å². The molecular weight excluding hydrogens is 314 g/mol. The molecule has 0 amide bonds. The Morgan fingerprint density at radius 1 is 1.28 bits per heavy atom. The molecule has 0 aliphatic heterocycles. The molecule has 3 fully saturated rings. The van der Waals surface area contributed by atoms with Gasteiger partial charge in [0.2, 0.25) is 0 Å². The first-order chi connectivity index (χ1) is 11.9. The van der Waals surface area contributed by atoms with E-state index in [9.17, 15) is 20.0 Å². The summed E-state index contributed by atoms with van der Waals surface area (Å²) in [5, 5.41) is 20.2. The number of carbonyl (C=O) groups excluding carboxylic acids is 2. The van der Waals surface area contributed by atoms with Gasteiger partial charge in [0.15, 0.2) is 0 Å². The van der Waals surface area contributed by atoms with Gasteiger partial charge < -0.3 is 5.11 Å².